The summed E-state index contributed by atoms with van der Waals surface area (Å²) in [5.74, 6) is -0.613. The molecule has 1 saturated carbocycles. The second-order valence-electron chi connectivity index (χ2n) is 6.68. The number of thiophene rings is 1. The first-order valence-electron chi connectivity index (χ1n) is 9.02. The van der Waals surface area contributed by atoms with E-state index in [2.05, 4.69) is 5.32 Å². The van der Waals surface area contributed by atoms with E-state index in [1.54, 1.807) is 40.5 Å². The van der Waals surface area contributed by atoms with Gasteiger partial charge in [0.2, 0.25) is 11.8 Å². The van der Waals surface area contributed by atoms with Gasteiger partial charge in [-0.15, -0.1) is 22.9 Å². The third-order valence-electron chi connectivity index (χ3n) is 4.79. The fourth-order valence-corrected chi connectivity index (χ4v) is 4.42. The maximum atomic E-state index is 13.2. The summed E-state index contributed by atoms with van der Waals surface area (Å²) < 4.78 is 0. The number of hydrogen-bond donors (Lipinski definition) is 1. The van der Waals surface area contributed by atoms with Crippen LogP contribution in [0.5, 0.6) is 0 Å². The highest BCUT2D eigenvalue weighted by atomic mass is 35.5. The lowest BCUT2D eigenvalue weighted by atomic mass is 10.0. The molecule has 1 aromatic carbocycles. The van der Waals surface area contributed by atoms with E-state index in [4.69, 9.17) is 23.2 Å². The Bertz CT molecular complexity index is 759. The second kappa shape index (κ2) is 9.58. The van der Waals surface area contributed by atoms with Crippen LogP contribution in [0.25, 0.3) is 0 Å². The van der Waals surface area contributed by atoms with Crippen LogP contribution in [-0.4, -0.2) is 28.6 Å². The number of carbonyl (C=O) groups excluding carboxylic acids is 2. The number of alkyl halides is 1. The lowest BCUT2D eigenvalue weighted by molar-refractivity contribution is -0.140. The van der Waals surface area contributed by atoms with Crippen LogP contribution in [-0.2, 0) is 16.1 Å². The van der Waals surface area contributed by atoms with Gasteiger partial charge in [-0.05, 0) is 42.0 Å². The van der Waals surface area contributed by atoms with E-state index in [9.17, 15) is 9.59 Å². The number of amides is 2. The molecule has 1 aromatic heterocycles. The molecule has 0 aliphatic heterocycles. The minimum absolute atomic E-state index is 0.167. The van der Waals surface area contributed by atoms with Crippen LogP contribution in [0.4, 0.5) is 0 Å². The monoisotopic (exact) mass is 424 g/mol. The quantitative estimate of drug-likeness (QED) is 0.650. The first-order valence-corrected chi connectivity index (χ1v) is 10.8. The number of benzene rings is 1. The van der Waals surface area contributed by atoms with E-state index in [-0.39, 0.29) is 23.7 Å². The normalized spacial score (nSPS) is 15.5. The van der Waals surface area contributed by atoms with Crippen molar-refractivity contribution in [2.24, 2.45) is 0 Å². The van der Waals surface area contributed by atoms with Gasteiger partial charge in [0.15, 0.2) is 0 Å². The fraction of sp³-hybridized carbons (Fsp3) is 0.400. The minimum Gasteiger partial charge on any atom is -0.351 e. The van der Waals surface area contributed by atoms with E-state index >= 15 is 0 Å². The van der Waals surface area contributed by atoms with Crippen LogP contribution in [0.15, 0.2) is 41.8 Å². The summed E-state index contributed by atoms with van der Waals surface area (Å²) in [6.07, 6.45) is 4.20. The highest BCUT2D eigenvalue weighted by Gasteiger charge is 2.33. The molecule has 2 amide bonds. The molecular formula is C20H22Cl2N2O2S. The van der Waals surface area contributed by atoms with Crippen molar-refractivity contribution in [2.45, 2.75) is 44.3 Å². The Hall–Kier alpha value is -1.56. The number of carbonyl (C=O) groups is 2. The summed E-state index contributed by atoms with van der Waals surface area (Å²) in [6.45, 7) is 0.342. The molecule has 1 aliphatic carbocycles. The molecule has 1 heterocycles. The molecule has 1 N–H and O–H groups in total. The second-order valence-corrected chi connectivity index (χ2v) is 8.41. The van der Waals surface area contributed by atoms with Crippen molar-refractivity contribution in [3.05, 3.63) is 57.2 Å². The zero-order valence-corrected chi connectivity index (χ0v) is 17.2. The number of nitrogens with one attached hydrogen (secondary N) is 1. The largest absolute Gasteiger partial charge is 0.351 e. The Morgan fingerprint density at radius 3 is 2.48 bits per heavy atom. The lowest BCUT2D eigenvalue weighted by Crippen LogP contribution is -2.46. The highest BCUT2D eigenvalue weighted by Crippen LogP contribution is 2.28. The molecular weight excluding hydrogens is 403 g/mol. The number of hydrogen-bond acceptors (Lipinski definition) is 3. The summed E-state index contributed by atoms with van der Waals surface area (Å²) >= 11 is 13.4. The number of nitrogens with zero attached hydrogens (tertiary/aromatic N) is 1. The van der Waals surface area contributed by atoms with Gasteiger partial charge >= 0.3 is 0 Å². The average Bonchev–Trinajstić information content (AvgIpc) is 3.36. The molecule has 0 bridgehead atoms. The van der Waals surface area contributed by atoms with E-state index in [1.165, 1.54) is 0 Å². The Morgan fingerprint density at radius 2 is 1.89 bits per heavy atom. The van der Waals surface area contributed by atoms with E-state index < -0.39 is 6.04 Å². The van der Waals surface area contributed by atoms with Gasteiger partial charge in [-0.2, -0.15) is 0 Å². The molecule has 0 saturated heterocycles. The van der Waals surface area contributed by atoms with Crippen LogP contribution in [0.1, 0.15) is 42.2 Å². The van der Waals surface area contributed by atoms with E-state index in [1.807, 2.05) is 17.5 Å². The van der Waals surface area contributed by atoms with E-state index in [0.717, 1.165) is 36.1 Å². The van der Waals surface area contributed by atoms with Gasteiger partial charge < -0.3 is 10.2 Å². The maximum absolute atomic E-state index is 13.2. The van der Waals surface area contributed by atoms with Gasteiger partial charge in [0, 0.05) is 15.9 Å². The zero-order valence-electron chi connectivity index (χ0n) is 14.9. The van der Waals surface area contributed by atoms with Crippen LogP contribution in [0.3, 0.4) is 0 Å². The molecule has 1 aliphatic rings. The van der Waals surface area contributed by atoms with Gasteiger partial charge in [-0.1, -0.05) is 42.6 Å². The Morgan fingerprint density at radius 1 is 1.19 bits per heavy atom. The van der Waals surface area contributed by atoms with E-state index in [0.29, 0.717) is 11.6 Å². The molecule has 0 radical (unpaired) electrons. The van der Waals surface area contributed by atoms with Gasteiger partial charge in [-0.3, -0.25) is 9.59 Å². The SMILES string of the molecule is O=C(NC1CCCC1)[C@H](c1ccc(Cl)cc1)N(Cc1cccs1)C(=O)CCl. The van der Waals surface area contributed by atoms with Gasteiger partial charge in [0.1, 0.15) is 11.9 Å². The summed E-state index contributed by atoms with van der Waals surface area (Å²) in [4.78, 5) is 28.4. The molecule has 1 fully saturated rings. The predicted octanol–water partition coefficient (Wildman–Crippen LogP) is 4.77. The molecule has 4 nitrogen and oxygen atoms in total. The summed E-state index contributed by atoms with van der Waals surface area (Å²) in [5, 5.41) is 5.66. The highest BCUT2D eigenvalue weighted by molar-refractivity contribution is 7.09. The summed E-state index contributed by atoms with van der Waals surface area (Å²) in [7, 11) is 0. The van der Waals surface area contributed by atoms with Crippen molar-refractivity contribution < 1.29 is 9.59 Å². The van der Waals surface area contributed by atoms with Crippen molar-refractivity contribution in [1.29, 1.82) is 0 Å². The molecule has 2 aromatic rings. The zero-order chi connectivity index (χ0) is 19.2. The van der Waals surface area contributed by atoms with Crippen molar-refractivity contribution in [3.8, 4) is 0 Å². The summed E-state index contributed by atoms with van der Waals surface area (Å²) in [5.41, 5.74) is 0.727. The van der Waals surface area contributed by atoms with Crippen LogP contribution in [0, 0.1) is 0 Å². The minimum atomic E-state index is -0.740. The first-order chi connectivity index (χ1) is 13.1. The van der Waals surface area contributed by atoms with Crippen molar-refractivity contribution in [1.82, 2.24) is 10.2 Å². The molecule has 0 unspecified atom stereocenters. The predicted molar refractivity (Wildman–Crippen MR) is 110 cm³/mol. The number of halogens is 2. The van der Waals surface area contributed by atoms with Gasteiger partial charge in [-0.25, -0.2) is 0 Å². The summed E-state index contributed by atoms with van der Waals surface area (Å²) in [6, 6.07) is 10.4. The van der Waals surface area contributed by atoms with Crippen LogP contribution < -0.4 is 5.32 Å². The molecule has 144 valence electrons. The fourth-order valence-electron chi connectivity index (χ4n) is 3.44. The third-order valence-corrected chi connectivity index (χ3v) is 6.13. The molecule has 0 spiro atoms. The standard InChI is InChI=1S/C20H22Cl2N2O2S/c21-12-18(25)24(13-17-6-3-11-27-17)19(14-7-9-15(22)10-8-14)20(26)23-16-4-1-2-5-16/h3,6-11,16,19H,1-2,4-5,12-13H2,(H,23,26)/t19-/m0/s1. The van der Waals surface area contributed by atoms with Crippen molar-refractivity contribution >= 4 is 46.4 Å². The van der Waals surface area contributed by atoms with Gasteiger partial charge in [0.25, 0.3) is 0 Å². The van der Waals surface area contributed by atoms with Crippen LogP contribution >= 0.6 is 34.5 Å². The van der Waals surface area contributed by atoms with Crippen molar-refractivity contribution in [3.63, 3.8) is 0 Å². The molecule has 7 heteroatoms. The molecule has 1 atom stereocenters. The van der Waals surface area contributed by atoms with Crippen LogP contribution in [0.2, 0.25) is 5.02 Å². The first kappa shape index (κ1) is 20.2. The smallest absolute Gasteiger partial charge is 0.247 e. The molecule has 3 rings (SSSR count). The molecule has 27 heavy (non-hydrogen) atoms. The van der Waals surface area contributed by atoms with Gasteiger partial charge in [0.05, 0.1) is 6.54 Å². The Labute approximate surface area is 173 Å². The average molecular weight is 425 g/mol. The topological polar surface area (TPSA) is 49.4 Å². The number of rotatable bonds is 7. The maximum Gasteiger partial charge on any atom is 0.247 e. The third kappa shape index (κ3) is 5.24. The lowest BCUT2D eigenvalue weighted by Gasteiger charge is -2.31. The Kier molecular flexibility index (Phi) is 7.16. The Balaban J connectivity index is 1.92. The van der Waals surface area contributed by atoms with Crippen molar-refractivity contribution in [2.75, 3.05) is 5.88 Å².